The molecule has 3 atom stereocenters. The second-order valence-corrected chi connectivity index (χ2v) is 8.11. The summed E-state index contributed by atoms with van der Waals surface area (Å²) in [6.07, 6.45) is 0.883. The van der Waals surface area contributed by atoms with Crippen LogP contribution >= 0.6 is 11.6 Å². The molecule has 1 fully saturated rings. The molecule has 2 aromatic rings. The lowest BCUT2D eigenvalue weighted by Crippen LogP contribution is -2.14. The number of nitrogens with zero attached hydrogens (tertiary/aromatic N) is 1. The van der Waals surface area contributed by atoms with Gasteiger partial charge in [-0.2, -0.15) is 5.26 Å². The number of carbonyl (C=O) groups is 1. The van der Waals surface area contributed by atoms with Crippen LogP contribution in [0.4, 0.5) is 0 Å². The number of rotatable bonds is 6. The molecular weight excluding hydrogens is 374 g/mol. The van der Waals surface area contributed by atoms with E-state index in [0.717, 1.165) is 0 Å². The first kappa shape index (κ1) is 20.0. The highest BCUT2D eigenvalue weighted by Gasteiger charge is 2.61. The summed E-state index contributed by atoms with van der Waals surface area (Å²) >= 11 is 5.97. The maximum Gasteiger partial charge on any atom is 0.311 e. The molecule has 3 rings (SSSR count). The van der Waals surface area contributed by atoms with Gasteiger partial charge in [0.05, 0.1) is 5.92 Å². The number of hydrogen-bond donors (Lipinski definition) is 0. The van der Waals surface area contributed by atoms with Crippen molar-refractivity contribution in [1.29, 1.82) is 5.26 Å². The molecule has 2 aromatic carbocycles. The zero-order valence-electron chi connectivity index (χ0n) is 16.1. The predicted octanol–water partition coefficient (Wildman–Crippen LogP) is 6.00. The van der Waals surface area contributed by atoms with E-state index in [-0.39, 0.29) is 23.2 Å². The van der Waals surface area contributed by atoms with E-state index in [2.05, 4.69) is 6.07 Å². The van der Waals surface area contributed by atoms with Crippen molar-refractivity contribution < 1.29 is 14.3 Å². The summed E-state index contributed by atoms with van der Waals surface area (Å²) in [5, 5.41) is 10.2. The lowest BCUT2D eigenvalue weighted by atomic mass is 10.1. The molecular formula is C23H22ClNO3. The van der Waals surface area contributed by atoms with Crippen LogP contribution in [-0.2, 0) is 9.53 Å². The Morgan fingerprint density at radius 3 is 2.50 bits per heavy atom. The molecule has 28 heavy (non-hydrogen) atoms. The lowest BCUT2D eigenvalue weighted by molar-refractivity contribution is -0.149. The minimum Gasteiger partial charge on any atom is -0.457 e. The average molecular weight is 396 g/mol. The summed E-state index contributed by atoms with van der Waals surface area (Å²) in [6, 6.07) is 18.4. The molecule has 1 aliphatic carbocycles. The number of carbonyl (C=O) groups excluding carboxylic acids is 1. The standard InChI is InChI=1S/C23H22ClNO3/c1-15(24)12-19-21(23(19,2)3)22(26)28-20(14-25)16-8-7-11-18(13-16)27-17-9-5-4-6-10-17/h4-13,19-21H,1-3H3/b15-12-/t19-,20+,21-/m0/s1. The Bertz CT molecular complexity index is 926. The van der Waals surface area contributed by atoms with Crippen molar-refractivity contribution in [2.24, 2.45) is 17.3 Å². The maximum absolute atomic E-state index is 12.7. The molecule has 0 bridgehead atoms. The Morgan fingerprint density at radius 1 is 1.18 bits per heavy atom. The first-order chi connectivity index (χ1) is 13.3. The first-order valence-electron chi connectivity index (χ1n) is 9.10. The van der Waals surface area contributed by atoms with Gasteiger partial charge in [0.25, 0.3) is 0 Å². The second-order valence-electron chi connectivity index (χ2n) is 7.51. The molecule has 0 radical (unpaired) electrons. The number of hydrogen-bond acceptors (Lipinski definition) is 4. The van der Waals surface area contributed by atoms with Crippen LogP contribution < -0.4 is 4.74 Å². The van der Waals surface area contributed by atoms with Crippen LogP contribution in [0.1, 0.15) is 32.4 Å². The molecule has 0 saturated heterocycles. The molecule has 0 aromatic heterocycles. The zero-order chi connectivity index (χ0) is 20.3. The fraction of sp³-hybridized carbons (Fsp3) is 0.304. The van der Waals surface area contributed by atoms with E-state index in [1.165, 1.54) is 0 Å². The molecule has 0 spiro atoms. The summed E-state index contributed by atoms with van der Waals surface area (Å²) in [6.45, 7) is 5.78. The number of esters is 1. The predicted molar refractivity (Wildman–Crippen MR) is 108 cm³/mol. The smallest absolute Gasteiger partial charge is 0.311 e. The lowest BCUT2D eigenvalue weighted by Gasteiger charge is -2.13. The summed E-state index contributed by atoms with van der Waals surface area (Å²) < 4.78 is 11.3. The van der Waals surface area contributed by atoms with Gasteiger partial charge in [-0.25, -0.2) is 0 Å². The summed E-state index contributed by atoms with van der Waals surface area (Å²) in [4.78, 5) is 12.7. The SMILES string of the molecule is C/C(Cl)=C/[C@H]1[C@@H](C(=O)O[C@H](C#N)c2cccc(Oc3ccccc3)c2)C1(C)C. The third-order valence-electron chi connectivity index (χ3n) is 5.06. The minimum absolute atomic E-state index is 0.0181. The largest absolute Gasteiger partial charge is 0.457 e. The highest BCUT2D eigenvalue weighted by atomic mass is 35.5. The number of ether oxygens (including phenoxy) is 2. The summed E-state index contributed by atoms with van der Waals surface area (Å²) in [7, 11) is 0. The normalized spacial score (nSPS) is 21.3. The van der Waals surface area contributed by atoms with Crippen molar-refractivity contribution >= 4 is 17.6 Å². The summed E-state index contributed by atoms with van der Waals surface area (Å²) in [5.41, 5.74) is 0.342. The molecule has 144 valence electrons. The van der Waals surface area contributed by atoms with Crippen molar-refractivity contribution in [1.82, 2.24) is 0 Å². The maximum atomic E-state index is 12.7. The van der Waals surface area contributed by atoms with Gasteiger partial charge in [-0.1, -0.05) is 61.9 Å². The Hall–Kier alpha value is -2.77. The van der Waals surface area contributed by atoms with Gasteiger partial charge in [-0.05, 0) is 42.5 Å². The van der Waals surface area contributed by atoms with Gasteiger partial charge in [0.2, 0.25) is 6.10 Å². The van der Waals surface area contributed by atoms with E-state index >= 15 is 0 Å². The second kappa shape index (κ2) is 8.08. The third-order valence-corrected chi connectivity index (χ3v) is 5.19. The van der Waals surface area contributed by atoms with Crippen molar-refractivity contribution in [3.8, 4) is 17.6 Å². The number of para-hydroxylation sites is 1. The van der Waals surface area contributed by atoms with Crippen LogP contribution in [0, 0.1) is 28.6 Å². The quantitative estimate of drug-likeness (QED) is 0.562. The van der Waals surface area contributed by atoms with E-state index in [4.69, 9.17) is 21.1 Å². The molecule has 0 N–H and O–H groups in total. The Balaban J connectivity index is 1.72. The van der Waals surface area contributed by atoms with E-state index in [0.29, 0.717) is 22.1 Å². The molecule has 1 aliphatic rings. The van der Waals surface area contributed by atoms with Gasteiger partial charge in [-0.15, -0.1) is 0 Å². The number of allylic oxidation sites excluding steroid dienone is 2. The average Bonchev–Trinajstić information content (AvgIpc) is 3.20. The van der Waals surface area contributed by atoms with Crippen LogP contribution in [0.25, 0.3) is 0 Å². The highest BCUT2D eigenvalue weighted by Crippen LogP contribution is 2.60. The molecule has 5 heteroatoms. The van der Waals surface area contributed by atoms with E-state index in [9.17, 15) is 10.1 Å². The highest BCUT2D eigenvalue weighted by molar-refractivity contribution is 6.29. The zero-order valence-corrected chi connectivity index (χ0v) is 16.8. The molecule has 1 saturated carbocycles. The van der Waals surface area contributed by atoms with Gasteiger partial charge in [0, 0.05) is 10.6 Å². The van der Waals surface area contributed by atoms with Gasteiger partial charge in [0.1, 0.15) is 17.6 Å². The third kappa shape index (κ3) is 4.37. The topological polar surface area (TPSA) is 59.3 Å². The van der Waals surface area contributed by atoms with Gasteiger partial charge >= 0.3 is 5.97 Å². The van der Waals surface area contributed by atoms with Crippen LogP contribution in [0.2, 0.25) is 0 Å². The van der Waals surface area contributed by atoms with Crippen LogP contribution in [0.15, 0.2) is 65.7 Å². The number of nitriles is 1. The number of halogens is 1. The monoisotopic (exact) mass is 395 g/mol. The van der Waals surface area contributed by atoms with Crippen molar-refractivity contribution in [2.45, 2.75) is 26.9 Å². The van der Waals surface area contributed by atoms with Gasteiger partial charge < -0.3 is 9.47 Å². The molecule has 0 aliphatic heterocycles. The van der Waals surface area contributed by atoms with Crippen LogP contribution in [0.3, 0.4) is 0 Å². The fourth-order valence-electron chi connectivity index (χ4n) is 3.41. The van der Waals surface area contributed by atoms with Gasteiger partial charge in [-0.3, -0.25) is 4.79 Å². The Kier molecular flexibility index (Phi) is 5.76. The Labute approximate surface area is 170 Å². The Morgan fingerprint density at radius 2 is 1.86 bits per heavy atom. The van der Waals surface area contributed by atoms with Crippen molar-refractivity contribution in [2.75, 3.05) is 0 Å². The van der Waals surface area contributed by atoms with Crippen LogP contribution in [0.5, 0.6) is 11.5 Å². The van der Waals surface area contributed by atoms with Crippen molar-refractivity contribution in [3.63, 3.8) is 0 Å². The van der Waals surface area contributed by atoms with E-state index in [1.807, 2.05) is 50.3 Å². The molecule has 0 amide bonds. The molecule has 0 heterocycles. The number of benzene rings is 2. The van der Waals surface area contributed by atoms with Gasteiger partial charge in [0.15, 0.2) is 0 Å². The summed E-state index contributed by atoms with van der Waals surface area (Å²) in [5.74, 6) is 0.594. The minimum atomic E-state index is -0.995. The van der Waals surface area contributed by atoms with Crippen molar-refractivity contribution in [3.05, 3.63) is 71.3 Å². The van der Waals surface area contributed by atoms with E-state index < -0.39 is 6.10 Å². The van der Waals surface area contributed by atoms with E-state index in [1.54, 1.807) is 31.2 Å². The molecule has 0 unspecified atom stereocenters. The first-order valence-corrected chi connectivity index (χ1v) is 9.47. The fourth-order valence-corrected chi connectivity index (χ4v) is 3.55. The van der Waals surface area contributed by atoms with Crippen LogP contribution in [-0.4, -0.2) is 5.97 Å². The molecule has 4 nitrogen and oxygen atoms in total.